The molecule has 1 rings (SSSR count). The minimum Gasteiger partial charge on any atom is -0.389 e. The number of nitrogens with two attached hydrogens (primary N) is 5. The zero-order chi connectivity index (χ0) is 50.6. The summed E-state index contributed by atoms with van der Waals surface area (Å²) in [5, 5.41) is 52.4. The summed E-state index contributed by atoms with van der Waals surface area (Å²) in [4.78, 5) is 114. The number of carbonyl (C=O) groups is 8. The van der Waals surface area contributed by atoms with Crippen LogP contribution in [0.4, 0.5) is 0 Å². The number of amides is 8. The Kier molecular flexibility index (Phi) is 28.7. The second-order valence-electron chi connectivity index (χ2n) is 16.8. The predicted molar refractivity (Wildman–Crippen MR) is 248 cm³/mol. The summed E-state index contributed by atoms with van der Waals surface area (Å²) in [6, 6.07) is -9.77. The van der Waals surface area contributed by atoms with E-state index in [1.165, 1.54) is 13.0 Å². The van der Waals surface area contributed by atoms with Gasteiger partial charge in [-0.05, 0) is 51.5 Å². The smallest absolute Gasteiger partial charge is 0.268 e. The van der Waals surface area contributed by atoms with Gasteiger partial charge in [0.25, 0.3) is 5.91 Å². The molecule has 1 heterocycles. The number of carbonyl (C=O) groups excluding carboxylic acids is 8. The fourth-order valence-electron chi connectivity index (χ4n) is 6.86. The second-order valence-corrected chi connectivity index (χ2v) is 16.8. The molecule has 1 aliphatic heterocycles. The van der Waals surface area contributed by atoms with Crippen molar-refractivity contribution in [3.63, 3.8) is 0 Å². The first-order valence-corrected chi connectivity index (χ1v) is 23.0. The highest BCUT2D eigenvalue weighted by Crippen LogP contribution is 2.11. The van der Waals surface area contributed by atoms with Crippen molar-refractivity contribution in [2.75, 3.05) is 32.7 Å². The van der Waals surface area contributed by atoms with Crippen LogP contribution in [-0.4, -0.2) is 156 Å². The summed E-state index contributed by atoms with van der Waals surface area (Å²) in [5.74, 6) is -8.29. The highest BCUT2D eigenvalue weighted by atomic mass is 16.3. The van der Waals surface area contributed by atoms with Crippen LogP contribution in [0.5, 0.6) is 0 Å². The van der Waals surface area contributed by atoms with E-state index in [1.807, 2.05) is 0 Å². The maximum atomic E-state index is 14.0. The Balaban J connectivity index is 3.84. The molecule has 0 aromatic rings. The Hall–Kier alpha value is -5.47. The monoisotopic (exact) mass is 955 g/mol. The summed E-state index contributed by atoms with van der Waals surface area (Å²) in [6.45, 7) is 4.92. The van der Waals surface area contributed by atoms with Gasteiger partial charge in [-0.25, -0.2) is 0 Å². The van der Waals surface area contributed by atoms with Crippen LogP contribution >= 0.6 is 0 Å². The van der Waals surface area contributed by atoms with Gasteiger partial charge in [-0.15, -0.1) is 0 Å². The van der Waals surface area contributed by atoms with Crippen LogP contribution in [-0.2, 0) is 38.4 Å². The van der Waals surface area contributed by atoms with Gasteiger partial charge in [-0.2, -0.15) is 0 Å². The number of nitrogens with one attached hydrogen (secondary N) is 8. The molecule has 0 aromatic carbocycles. The highest BCUT2D eigenvalue weighted by Gasteiger charge is 2.38. The first-order chi connectivity index (χ1) is 31.7. The molecule has 0 saturated carbocycles. The topological polar surface area (TPSA) is 436 Å². The van der Waals surface area contributed by atoms with Crippen molar-refractivity contribution in [1.82, 2.24) is 42.5 Å². The summed E-state index contributed by atoms with van der Waals surface area (Å²) < 4.78 is 0. The lowest BCUT2D eigenvalue weighted by atomic mass is 10.0. The molecule has 25 heteroatoms. The molecule has 21 N–H and O–H groups in total. The lowest BCUT2D eigenvalue weighted by Gasteiger charge is -2.30. The quantitative estimate of drug-likeness (QED) is 0.0221. The summed E-state index contributed by atoms with van der Waals surface area (Å²) in [6.07, 6.45) is 1.79. The molecule has 382 valence electrons. The summed E-state index contributed by atoms with van der Waals surface area (Å²) in [5.41, 5.74) is 27.7. The van der Waals surface area contributed by atoms with E-state index in [0.29, 0.717) is 6.42 Å². The number of β-amino-alcohol motifs (C(OH)–C–C–N with tert-alkyl or cyclic N) is 1. The number of rotatable bonds is 21. The van der Waals surface area contributed by atoms with Crippen LogP contribution in [0.1, 0.15) is 105 Å². The fraction of sp³-hybridized carbons (Fsp3) is 0.738. The third-order valence-electron chi connectivity index (χ3n) is 10.7. The van der Waals surface area contributed by atoms with Gasteiger partial charge in [-0.3, -0.25) is 43.3 Å². The average molecular weight is 955 g/mol. The molecule has 1 saturated heterocycles. The van der Waals surface area contributed by atoms with Crippen LogP contribution in [0.2, 0.25) is 0 Å². The van der Waals surface area contributed by atoms with Crippen LogP contribution in [0, 0.1) is 5.92 Å². The number of guanidine groups is 1. The average Bonchev–Trinajstić information content (AvgIpc) is 3.28. The maximum Gasteiger partial charge on any atom is 0.268 e. The Morgan fingerprint density at radius 3 is 1.84 bits per heavy atom. The number of unbranched alkanes of at least 4 members (excludes halogenated alkanes) is 6. The predicted octanol–water partition coefficient (Wildman–Crippen LogP) is -5.37. The minimum absolute atomic E-state index is 0.00738. The van der Waals surface area contributed by atoms with E-state index < -0.39 is 127 Å². The van der Waals surface area contributed by atoms with Gasteiger partial charge in [0.05, 0.1) is 12.2 Å². The molecule has 0 spiro atoms. The van der Waals surface area contributed by atoms with E-state index in [-0.39, 0.29) is 57.1 Å². The lowest BCUT2D eigenvalue weighted by Crippen LogP contribution is -2.64. The molecule has 25 nitrogen and oxygen atoms in total. The van der Waals surface area contributed by atoms with Gasteiger partial charge in [0.2, 0.25) is 41.4 Å². The first-order valence-electron chi connectivity index (χ1n) is 23.0. The van der Waals surface area contributed by atoms with Gasteiger partial charge < -0.3 is 86.5 Å². The molecule has 8 amide bonds. The fourth-order valence-corrected chi connectivity index (χ4v) is 6.86. The lowest BCUT2D eigenvalue weighted by molar-refractivity contribution is -0.138. The number of allylic oxidation sites excluding steroid dienone is 1. The maximum absolute atomic E-state index is 14.0. The van der Waals surface area contributed by atoms with E-state index in [0.717, 1.165) is 38.5 Å². The highest BCUT2D eigenvalue weighted by molar-refractivity contribution is 6.02. The molecular weight excluding hydrogens is 877 g/mol. The van der Waals surface area contributed by atoms with E-state index in [2.05, 4.69) is 54.5 Å². The summed E-state index contributed by atoms with van der Waals surface area (Å²) >= 11 is 0. The van der Waals surface area contributed by atoms with Gasteiger partial charge in [0, 0.05) is 32.6 Å². The van der Waals surface area contributed by atoms with Crippen LogP contribution in [0.15, 0.2) is 16.8 Å². The van der Waals surface area contributed by atoms with Crippen molar-refractivity contribution in [2.24, 2.45) is 39.6 Å². The molecule has 0 aliphatic carbocycles. The Morgan fingerprint density at radius 2 is 1.27 bits per heavy atom. The molecule has 0 radical (unpaired) electrons. The molecule has 0 unspecified atom stereocenters. The van der Waals surface area contributed by atoms with Gasteiger partial charge in [0.15, 0.2) is 5.96 Å². The molecular formula is C42H78N14O11. The molecule has 67 heavy (non-hydrogen) atoms. The molecule has 0 bridgehead atoms. The number of aliphatic hydroxyl groups excluding tert-OH is 3. The van der Waals surface area contributed by atoms with Crippen LogP contribution in [0.25, 0.3) is 0 Å². The number of nitrogens with zero attached hydrogens (tertiary/aromatic N) is 1. The Bertz CT molecular complexity index is 1680. The van der Waals surface area contributed by atoms with Gasteiger partial charge in [0.1, 0.15) is 48.1 Å². The van der Waals surface area contributed by atoms with Crippen LogP contribution in [0.3, 0.4) is 0 Å². The van der Waals surface area contributed by atoms with Crippen molar-refractivity contribution in [3.8, 4) is 0 Å². The number of aliphatic hydroxyl groups is 3. The molecule has 1 fully saturated rings. The third-order valence-corrected chi connectivity index (χ3v) is 10.7. The van der Waals surface area contributed by atoms with Crippen LogP contribution < -0.4 is 71.2 Å². The normalized spacial score (nSPS) is 24.8. The zero-order valence-corrected chi connectivity index (χ0v) is 39.3. The first kappa shape index (κ1) is 59.5. The standard InChI is InChI=1S/C42H78N14O11/c1-5-7-8-9-10-11-12-15-31(60)54-34-30(59)22-49-39(65)32(28(57)20-44)56-41(67)33(29(58)21-45)55-37(63)25(14-13-18-48-42(46)47)51-38(64)27(19-23(3)4)53-36(62)26(16-17-43)52-35(61)24(6-2)50-40(34)66/h6,23,25-30,32-34,57-59H,5,7-22,43-45H2,1-4H3,(H,49,65)(H,50,66)(H,51,64)(H,52,61)(H,53,62)(H,54,60)(H,55,63)(H,56,67)(H4,46,47,48)/t25-,26-,27-,28-,29+,30+,32-,33-,34-/m0/s1. The van der Waals surface area contributed by atoms with E-state index in [9.17, 15) is 53.7 Å². The van der Waals surface area contributed by atoms with E-state index >= 15 is 0 Å². The molecule has 9 atom stereocenters. The largest absolute Gasteiger partial charge is 0.389 e. The number of hydrogen-bond acceptors (Lipinski definition) is 15. The summed E-state index contributed by atoms with van der Waals surface area (Å²) in [7, 11) is 0. The van der Waals surface area contributed by atoms with Crippen molar-refractivity contribution >= 4 is 53.2 Å². The van der Waals surface area contributed by atoms with Crippen molar-refractivity contribution in [2.45, 2.75) is 159 Å². The SMILES string of the molecule is CC=C1NC(=O)[C@@H](NC(=O)CCCCCCCCC)[C@H](O)CNC(=O)[C@H]([C@@H](O)CN)NC(=O)[C@H]([C@H](O)CN)NC(=O)[C@H](CCCN=C(N)N)NC(=O)[C@H](CC(C)C)NC(=O)[C@H](CCN)NC1=O. The number of hydrogen-bond donors (Lipinski definition) is 16. The van der Waals surface area contributed by atoms with E-state index in [1.54, 1.807) is 13.8 Å². The second kappa shape index (κ2) is 32.3. The van der Waals surface area contributed by atoms with Gasteiger partial charge in [-0.1, -0.05) is 65.4 Å². The van der Waals surface area contributed by atoms with Crippen molar-refractivity contribution in [1.29, 1.82) is 0 Å². The third kappa shape index (κ3) is 22.3. The van der Waals surface area contributed by atoms with Crippen molar-refractivity contribution < 1.29 is 53.7 Å². The molecule has 1 aliphatic rings. The van der Waals surface area contributed by atoms with Gasteiger partial charge >= 0.3 is 0 Å². The Morgan fingerprint density at radius 1 is 0.731 bits per heavy atom. The zero-order valence-electron chi connectivity index (χ0n) is 39.3. The number of aliphatic imine (C=N–C) groups is 1. The minimum atomic E-state index is -1.91. The Labute approximate surface area is 392 Å². The molecule has 0 aromatic heterocycles. The van der Waals surface area contributed by atoms with E-state index in [4.69, 9.17) is 28.7 Å². The van der Waals surface area contributed by atoms with Crippen molar-refractivity contribution in [3.05, 3.63) is 11.8 Å².